The minimum atomic E-state index is -0.866. The Morgan fingerprint density at radius 3 is 2.67 bits per heavy atom. The third kappa shape index (κ3) is 4.83. The van der Waals surface area contributed by atoms with Crippen LogP contribution >= 0.6 is 0 Å². The van der Waals surface area contributed by atoms with Gasteiger partial charge in [0, 0.05) is 12.6 Å². The molecule has 0 aromatic heterocycles. The van der Waals surface area contributed by atoms with Crippen molar-refractivity contribution in [3.05, 3.63) is 35.4 Å². The summed E-state index contributed by atoms with van der Waals surface area (Å²) in [5.74, 6) is -0.866. The van der Waals surface area contributed by atoms with Crippen LogP contribution in [0.5, 0.6) is 0 Å². The second-order valence-electron chi connectivity index (χ2n) is 6.16. The van der Waals surface area contributed by atoms with Crippen LogP contribution in [0.1, 0.15) is 41.6 Å². The number of hydrogen-bond acceptors (Lipinski definition) is 3. The SMILES string of the molecule is CN(CCC1CCCCN1C)Cc1ccc(C(=O)O)cc1. The normalized spacial score (nSPS) is 19.9. The highest BCUT2D eigenvalue weighted by Crippen LogP contribution is 2.18. The average molecular weight is 290 g/mol. The summed E-state index contributed by atoms with van der Waals surface area (Å²) < 4.78 is 0. The van der Waals surface area contributed by atoms with Gasteiger partial charge in [-0.15, -0.1) is 0 Å². The Morgan fingerprint density at radius 1 is 1.33 bits per heavy atom. The number of carbonyl (C=O) groups is 1. The zero-order valence-corrected chi connectivity index (χ0v) is 13.1. The molecule has 4 heteroatoms. The summed E-state index contributed by atoms with van der Waals surface area (Å²) in [7, 11) is 4.36. The largest absolute Gasteiger partial charge is 0.478 e. The molecular weight excluding hydrogens is 264 g/mol. The van der Waals surface area contributed by atoms with Crippen molar-refractivity contribution in [2.75, 3.05) is 27.2 Å². The van der Waals surface area contributed by atoms with Gasteiger partial charge in [-0.05, 0) is 64.1 Å². The molecule has 1 aromatic rings. The van der Waals surface area contributed by atoms with Crippen LogP contribution in [0.2, 0.25) is 0 Å². The maximum Gasteiger partial charge on any atom is 0.335 e. The molecule has 1 N–H and O–H groups in total. The first kappa shape index (κ1) is 16.0. The van der Waals surface area contributed by atoms with Crippen molar-refractivity contribution in [3.8, 4) is 0 Å². The summed E-state index contributed by atoms with van der Waals surface area (Å²) in [4.78, 5) is 15.6. The fraction of sp³-hybridized carbons (Fsp3) is 0.588. The predicted molar refractivity (Wildman–Crippen MR) is 84.6 cm³/mol. The lowest BCUT2D eigenvalue weighted by atomic mass is 10.00. The van der Waals surface area contributed by atoms with Gasteiger partial charge in [0.05, 0.1) is 5.56 Å². The molecule has 0 bridgehead atoms. The third-order valence-corrected chi connectivity index (χ3v) is 4.42. The number of carboxylic acid groups (broad SMARTS) is 1. The van der Waals surface area contributed by atoms with Gasteiger partial charge in [0.25, 0.3) is 0 Å². The van der Waals surface area contributed by atoms with E-state index in [1.165, 1.54) is 37.8 Å². The van der Waals surface area contributed by atoms with E-state index in [-0.39, 0.29) is 0 Å². The fourth-order valence-corrected chi connectivity index (χ4v) is 3.02. The number of rotatable bonds is 6. The summed E-state index contributed by atoms with van der Waals surface area (Å²) in [6.45, 7) is 3.18. The maximum atomic E-state index is 10.8. The second-order valence-corrected chi connectivity index (χ2v) is 6.16. The smallest absolute Gasteiger partial charge is 0.335 e. The summed E-state index contributed by atoms with van der Waals surface area (Å²) in [5.41, 5.74) is 1.52. The van der Waals surface area contributed by atoms with Crippen LogP contribution < -0.4 is 0 Å². The van der Waals surface area contributed by atoms with Gasteiger partial charge in [0.1, 0.15) is 0 Å². The van der Waals surface area contributed by atoms with Crippen LogP contribution in [0.15, 0.2) is 24.3 Å². The molecule has 1 saturated heterocycles. The molecule has 1 atom stereocenters. The van der Waals surface area contributed by atoms with Crippen LogP contribution in [0.3, 0.4) is 0 Å². The van der Waals surface area contributed by atoms with Gasteiger partial charge in [-0.3, -0.25) is 0 Å². The number of likely N-dealkylation sites (tertiary alicyclic amines) is 1. The summed E-state index contributed by atoms with van der Waals surface area (Å²) in [5, 5.41) is 8.90. The molecule has 1 aliphatic rings. The number of benzene rings is 1. The fourth-order valence-electron chi connectivity index (χ4n) is 3.02. The van der Waals surface area contributed by atoms with E-state index in [2.05, 4.69) is 23.9 Å². The minimum absolute atomic E-state index is 0.352. The summed E-state index contributed by atoms with van der Waals surface area (Å²) in [6, 6.07) is 7.90. The zero-order chi connectivity index (χ0) is 15.2. The predicted octanol–water partition coefficient (Wildman–Crippen LogP) is 2.69. The molecule has 0 aliphatic carbocycles. The lowest BCUT2D eigenvalue weighted by molar-refractivity contribution is 0.0697. The van der Waals surface area contributed by atoms with Crippen molar-refractivity contribution in [2.45, 2.75) is 38.3 Å². The van der Waals surface area contributed by atoms with Gasteiger partial charge in [0.15, 0.2) is 0 Å². The topological polar surface area (TPSA) is 43.8 Å². The van der Waals surface area contributed by atoms with Crippen LogP contribution in [0, 0.1) is 0 Å². The Bertz CT molecular complexity index is 458. The number of carboxylic acids is 1. The molecule has 0 amide bonds. The van der Waals surface area contributed by atoms with E-state index in [0.717, 1.165) is 19.1 Å². The van der Waals surface area contributed by atoms with Gasteiger partial charge < -0.3 is 14.9 Å². The molecule has 2 rings (SSSR count). The van der Waals surface area contributed by atoms with Crippen molar-refractivity contribution >= 4 is 5.97 Å². The maximum absolute atomic E-state index is 10.8. The summed E-state index contributed by atoms with van der Waals surface area (Å²) in [6.07, 6.45) is 5.21. The molecular formula is C17H26N2O2. The Morgan fingerprint density at radius 2 is 2.05 bits per heavy atom. The average Bonchev–Trinajstić information content (AvgIpc) is 2.47. The highest BCUT2D eigenvalue weighted by atomic mass is 16.4. The lowest BCUT2D eigenvalue weighted by Gasteiger charge is -2.33. The Hall–Kier alpha value is -1.39. The van der Waals surface area contributed by atoms with E-state index in [9.17, 15) is 4.79 Å². The molecule has 1 aliphatic heterocycles. The molecule has 1 aromatic carbocycles. The zero-order valence-electron chi connectivity index (χ0n) is 13.1. The molecule has 116 valence electrons. The van der Waals surface area contributed by atoms with Crippen molar-refractivity contribution in [1.82, 2.24) is 9.80 Å². The van der Waals surface area contributed by atoms with Crippen molar-refractivity contribution in [1.29, 1.82) is 0 Å². The quantitative estimate of drug-likeness (QED) is 0.875. The van der Waals surface area contributed by atoms with Gasteiger partial charge in [-0.25, -0.2) is 4.79 Å². The van der Waals surface area contributed by atoms with E-state index in [4.69, 9.17) is 5.11 Å². The lowest BCUT2D eigenvalue weighted by Crippen LogP contribution is -2.38. The van der Waals surface area contributed by atoms with E-state index in [0.29, 0.717) is 5.56 Å². The second kappa shape index (κ2) is 7.57. The number of hydrogen-bond donors (Lipinski definition) is 1. The Kier molecular flexibility index (Phi) is 5.76. The van der Waals surface area contributed by atoms with Crippen LogP contribution in [-0.4, -0.2) is 54.1 Å². The highest BCUT2D eigenvalue weighted by molar-refractivity contribution is 5.87. The molecule has 21 heavy (non-hydrogen) atoms. The van der Waals surface area contributed by atoms with E-state index >= 15 is 0 Å². The molecule has 1 unspecified atom stereocenters. The first-order valence-corrected chi connectivity index (χ1v) is 7.77. The Labute approximate surface area is 127 Å². The van der Waals surface area contributed by atoms with Crippen molar-refractivity contribution in [3.63, 3.8) is 0 Å². The van der Waals surface area contributed by atoms with E-state index in [1.807, 2.05) is 12.1 Å². The number of aromatic carboxylic acids is 1. The van der Waals surface area contributed by atoms with Crippen LogP contribution in [-0.2, 0) is 6.54 Å². The third-order valence-electron chi connectivity index (χ3n) is 4.42. The molecule has 1 fully saturated rings. The molecule has 0 spiro atoms. The highest BCUT2D eigenvalue weighted by Gasteiger charge is 2.18. The monoisotopic (exact) mass is 290 g/mol. The minimum Gasteiger partial charge on any atom is -0.478 e. The first-order valence-electron chi connectivity index (χ1n) is 7.77. The first-order chi connectivity index (χ1) is 10.1. The number of piperidine rings is 1. The van der Waals surface area contributed by atoms with Gasteiger partial charge >= 0.3 is 5.97 Å². The molecule has 0 radical (unpaired) electrons. The van der Waals surface area contributed by atoms with Crippen molar-refractivity contribution < 1.29 is 9.90 Å². The van der Waals surface area contributed by atoms with Crippen molar-refractivity contribution in [2.24, 2.45) is 0 Å². The van der Waals surface area contributed by atoms with E-state index in [1.54, 1.807) is 12.1 Å². The van der Waals surface area contributed by atoms with Crippen LogP contribution in [0.25, 0.3) is 0 Å². The number of nitrogens with zero attached hydrogens (tertiary/aromatic N) is 2. The van der Waals surface area contributed by atoms with Gasteiger partial charge in [0.2, 0.25) is 0 Å². The molecule has 4 nitrogen and oxygen atoms in total. The van der Waals surface area contributed by atoms with Gasteiger partial charge in [-0.2, -0.15) is 0 Å². The standard InChI is InChI=1S/C17H26N2O2/c1-18(12-10-16-5-3-4-11-19(16)2)13-14-6-8-15(9-7-14)17(20)21/h6-9,16H,3-5,10-13H2,1-2H3,(H,20,21). The van der Waals surface area contributed by atoms with E-state index < -0.39 is 5.97 Å². The Balaban J connectivity index is 1.78. The molecule has 0 saturated carbocycles. The summed E-state index contributed by atoms with van der Waals surface area (Å²) >= 11 is 0. The molecule has 1 heterocycles. The van der Waals surface area contributed by atoms with Crippen LogP contribution in [0.4, 0.5) is 0 Å². The van der Waals surface area contributed by atoms with Gasteiger partial charge in [-0.1, -0.05) is 18.6 Å².